The molecule has 0 spiro atoms. The fraction of sp³-hybridized carbons (Fsp3) is 0.333. The number of amides is 1. The lowest BCUT2D eigenvalue weighted by Gasteiger charge is -2.32. The second kappa shape index (κ2) is 7.70. The Morgan fingerprint density at radius 3 is 2.67 bits per heavy atom. The van der Waals surface area contributed by atoms with E-state index < -0.39 is 0 Å². The molecule has 0 saturated carbocycles. The van der Waals surface area contributed by atoms with Crippen molar-refractivity contribution in [3.63, 3.8) is 0 Å². The number of hydrogen-bond donors (Lipinski definition) is 0. The van der Waals surface area contributed by atoms with Gasteiger partial charge in [-0.1, -0.05) is 47.7 Å². The maximum Gasteiger partial charge on any atom is 0.224 e. The minimum Gasteiger partial charge on any atom is -0.342 e. The van der Waals surface area contributed by atoms with Crippen molar-refractivity contribution in [3.8, 4) is 0 Å². The van der Waals surface area contributed by atoms with Gasteiger partial charge in [-0.2, -0.15) is 0 Å². The molecule has 0 aliphatic carbocycles. The van der Waals surface area contributed by atoms with Crippen LogP contribution in [0.2, 0.25) is 0 Å². The van der Waals surface area contributed by atoms with E-state index in [1.165, 1.54) is 0 Å². The largest absolute Gasteiger partial charge is 0.342 e. The van der Waals surface area contributed by atoms with Gasteiger partial charge in [0.25, 0.3) is 0 Å². The third-order valence-electron chi connectivity index (χ3n) is 5.16. The molecule has 1 aliphatic heterocycles. The molecule has 0 N–H and O–H groups in total. The molecule has 138 valence electrons. The number of likely N-dealkylation sites (tertiary alicyclic amines) is 1. The van der Waals surface area contributed by atoms with Crippen molar-refractivity contribution >= 4 is 22.7 Å². The van der Waals surface area contributed by atoms with Crippen LogP contribution in [0.25, 0.3) is 11.0 Å². The molecule has 4 rings (SSSR count). The topological polar surface area (TPSA) is 68.1 Å². The van der Waals surface area contributed by atoms with Gasteiger partial charge in [0, 0.05) is 31.0 Å². The lowest BCUT2D eigenvalue weighted by molar-refractivity contribution is -0.132. The number of Topliss-reactive ketones (excluding diaryl/α,β-unsaturated/α-hetero) is 1. The number of aromatic nitrogens is 3. The van der Waals surface area contributed by atoms with Gasteiger partial charge >= 0.3 is 0 Å². The van der Waals surface area contributed by atoms with Gasteiger partial charge in [-0.15, -0.1) is 5.10 Å². The Hall–Kier alpha value is -3.02. The molecule has 1 amide bonds. The Labute approximate surface area is 157 Å². The van der Waals surface area contributed by atoms with Gasteiger partial charge in [0.15, 0.2) is 5.78 Å². The SMILES string of the molecule is O=C(c1ccccc1)C1CCCN(C(=O)CCn2nnc3ccccc32)C1. The molecule has 0 bridgehead atoms. The van der Waals surface area contributed by atoms with Gasteiger partial charge in [-0.25, -0.2) is 4.68 Å². The first-order chi connectivity index (χ1) is 13.2. The quantitative estimate of drug-likeness (QED) is 0.655. The van der Waals surface area contributed by atoms with E-state index in [4.69, 9.17) is 0 Å². The molecular formula is C21H22N4O2. The van der Waals surface area contributed by atoms with Gasteiger partial charge in [0.1, 0.15) is 5.52 Å². The summed E-state index contributed by atoms with van der Waals surface area (Å²) in [6.07, 6.45) is 2.06. The molecule has 27 heavy (non-hydrogen) atoms. The number of nitrogens with zero attached hydrogens (tertiary/aromatic N) is 4. The summed E-state index contributed by atoms with van der Waals surface area (Å²) in [5.41, 5.74) is 2.49. The van der Waals surface area contributed by atoms with E-state index in [9.17, 15) is 9.59 Å². The molecule has 3 aromatic rings. The summed E-state index contributed by atoms with van der Waals surface area (Å²) in [6, 6.07) is 17.1. The van der Waals surface area contributed by atoms with Gasteiger partial charge in [-0.3, -0.25) is 9.59 Å². The van der Waals surface area contributed by atoms with E-state index in [0.29, 0.717) is 19.5 Å². The number of benzene rings is 2. The zero-order valence-electron chi connectivity index (χ0n) is 15.1. The molecule has 1 atom stereocenters. The smallest absolute Gasteiger partial charge is 0.224 e. The highest BCUT2D eigenvalue weighted by atomic mass is 16.2. The highest BCUT2D eigenvalue weighted by Crippen LogP contribution is 2.22. The van der Waals surface area contributed by atoms with E-state index in [1.54, 1.807) is 4.68 Å². The number of para-hydroxylation sites is 1. The molecule has 2 aromatic carbocycles. The van der Waals surface area contributed by atoms with Crippen LogP contribution in [-0.2, 0) is 11.3 Å². The number of ketones is 1. The van der Waals surface area contributed by atoms with Gasteiger partial charge < -0.3 is 4.90 Å². The van der Waals surface area contributed by atoms with Crippen LogP contribution in [0.15, 0.2) is 54.6 Å². The summed E-state index contributed by atoms with van der Waals surface area (Å²) < 4.78 is 1.77. The summed E-state index contributed by atoms with van der Waals surface area (Å²) >= 11 is 0. The van der Waals surface area contributed by atoms with Crippen LogP contribution < -0.4 is 0 Å². The van der Waals surface area contributed by atoms with Gasteiger partial charge in [0.2, 0.25) is 5.91 Å². The van der Waals surface area contributed by atoms with Crippen molar-refractivity contribution in [1.29, 1.82) is 0 Å². The van der Waals surface area contributed by atoms with Crippen molar-refractivity contribution in [2.75, 3.05) is 13.1 Å². The Balaban J connectivity index is 1.38. The van der Waals surface area contributed by atoms with Gasteiger partial charge in [-0.05, 0) is 25.0 Å². The molecule has 0 radical (unpaired) electrons. The van der Waals surface area contributed by atoms with E-state index in [-0.39, 0.29) is 17.6 Å². The van der Waals surface area contributed by atoms with Crippen molar-refractivity contribution in [2.24, 2.45) is 5.92 Å². The summed E-state index contributed by atoms with van der Waals surface area (Å²) in [5.74, 6) is 0.0906. The number of fused-ring (bicyclic) bond motifs is 1. The number of carbonyl (C=O) groups is 2. The van der Waals surface area contributed by atoms with Crippen LogP contribution in [-0.4, -0.2) is 44.7 Å². The molecule has 6 nitrogen and oxygen atoms in total. The molecule has 6 heteroatoms. The lowest BCUT2D eigenvalue weighted by atomic mass is 9.90. The van der Waals surface area contributed by atoms with Crippen molar-refractivity contribution in [2.45, 2.75) is 25.8 Å². The molecular weight excluding hydrogens is 340 g/mol. The number of hydrogen-bond acceptors (Lipinski definition) is 4. The maximum atomic E-state index is 12.7. The average Bonchev–Trinajstić information content (AvgIpc) is 3.15. The first-order valence-electron chi connectivity index (χ1n) is 9.37. The minimum atomic E-state index is -0.114. The number of carbonyl (C=O) groups excluding carboxylic acids is 2. The predicted molar refractivity (Wildman–Crippen MR) is 102 cm³/mol. The fourth-order valence-electron chi connectivity index (χ4n) is 3.70. The van der Waals surface area contributed by atoms with Crippen LogP contribution >= 0.6 is 0 Å². The summed E-state index contributed by atoms with van der Waals surface area (Å²) in [5, 5.41) is 8.26. The Bertz CT molecular complexity index is 951. The monoisotopic (exact) mass is 362 g/mol. The number of piperidine rings is 1. The van der Waals surface area contributed by atoms with Crippen molar-refractivity contribution < 1.29 is 9.59 Å². The van der Waals surface area contributed by atoms with Crippen LogP contribution in [0.5, 0.6) is 0 Å². The van der Waals surface area contributed by atoms with E-state index in [2.05, 4.69) is 10.3 Å². The highest BCUT2D eigenvalue weighted by Gasteiger charge is 2.28. The fourth-order valence-corrected chi connectivity index (χ4v) is 3.70. The molecule has 1 saturated heterocycles. The second-order valence-corrected chi connectivity index (χ2v) is 6.96. The normalized spacial score (nSPS) is 17.2. The molecule has 1 aromatic heterocycles. The summed E-state index contributed by atoms with van der Waals surface area (Å²) in [4.78, 5) is 27.2. The number of rotatable bonds is 5. The average molecular weight is 362 g/mol. The maximum absolute atomic E-state index is 12.7. The van der Waals surface area contributed by atoms with Crippen LogP contribution in [0.4, 0.5) is 0 Å². The van der Waals surface area contributed by atoms with Crippen LogP contribution in [0.3, 0.4) is 0 Å². The number of aryl methyl sites for hydroxylation is 1. The molecule has 2 heterocycles. The Morgan fingerprint density at radius 1 is 1.04 bits per heavy atom. The van der Waals surface area contributed by atoms with Gasteiger partial charge in [0.05, 0.1) is 12.1 Å². The van der Waals surface area contributed by atoms with E-state index >= 15 is 0 Å². The van der Waals surface area contributed by atoms with Crippen molar-refractivity contribution in [3.05, 3.63) is 60.2 Å². The molecule has 1 aliphatic rings. The van der Waals surface area contributed by atoms with Crippen LogP contribution in [0, 0.1) is 5.92 Å². The second-order valence-electron chi connectivity index (χ2n) is 6.96. The Kier molecular flexibility index (Phi) is 4.96. The predicted octanol–water partition coefficient (Wildman–Crippen LogP) is 2.94. The highest BCUT2D eigenvalue weighted by molar-refractivity contribution is 5.98. The van der Waals surface area contributed by atoms with E-state index in [0.717, 1.165) is 36.0 Å². The van der Waals surface area contributed by atoms with E-state index in [1.807, 2.05) is 59.5 Å². The minimum absolute atomic E-state index is 0.0696. The van der Waals surface area contributed by atoms with Crippen molar-refractivity contribution in [1.82, 2.24) is 19.9 Å². The third kappa shape index (κ3) is 3.74. The first-order valence-corrected chi connectivity index (χ1v) is 9.37. The zero-order valence-corrected chi connectivity index (χ0v) is 15.1. The Morgan fingerprint density at radius 2 is 1.81 bits per heavy atom. The van der Waals surface area contributed by atoms with Crippen LogP contribution in [0.1, 0.15) is 29.6 Å². The molecule has 1 fully saturated rings. The standard InChI is InChI=1S/C21H22N4O2/c26-20(12-14-25-19-11-5-4-10-18(19)22-23-25)24-13-6-9-17(15-24)21(27)16-7-2-1-3-8-16/h1-5,7-8,10-11,17H,6,9,12-15H2. The summed E-state index contributed by atoms with van der Waals surface area (Å²) in [7, 11) is 0. The molecule has 1 unspecified atom stereocenters. The first kappa shape index (κ1) is 17.4. The lowest BCUT2D eigenvalue weighted by Crippen LogP contribution is -2.42. The zero-order chi connectivity index (χ0) is 18.6. The summed E-state index contributed by atoms with van der Waals surface area (Å²) in [6.45, 7) is 1.72. The third-order valence-corrected chi connectivity index (χ3v) is 5.16.